The summed E-state index contributed by atoms with van der Waals surface area (Å²) in [6, 6.07) is 10.6. The summed E-state index contributed by atoms with van der Waals surface area (Å²) >= 11 is 0. The predicted octanol–water partition coefficient (Wildman–Crippen LogP) is 3.94. The Bertz CT molecular complexity index is 365. The number of rotatable bonds is 4. The molecule has 1 saturated heterocycles. The Hall–Kier alpha value is -0.860. The third kappa shape index (κ3) is 2.93. The van der Waals surface area contributed by atoms with Crippen LogP contribution in [0.2, 0.25) is 0 Å². The van der Waals surface area contributed by atoms with Crippen LogP contribution >= 0.6 is 0 Å². The molecule has 1 fully saturated rings. The molecule has 0 amide bonds. The lowest BCUT2D eigenvalue weighted by Gasteiger charge is -2.30. The summed E-state index contributed by atoms with van der Waals surface area (Å²) in [5.74, 6) is 0. The molecule has 18 heavy (non-hydrogen) atoms. The van der Waals surface area contributed by atoms with E-state index in [-0.39, 0.29) is 17.5 Å². The van der Waals surface area contributed by atoms with Crippen molar-refractivity contribution >= 4 is 0 Å². The van der Waals surface area contributed by atoms with E-state index in [4.69, 9.17) is 9.47 Å². The molecular formula is C16H24O2. The summed E-state index contributed by atoms with van der Waals surface area (Å²) < 4.78 is 12.0. The molecule has 1 heterocycles. The van der Waals surface area contributed by atoms with Gasteiger partial charge >= 0.3 is 0 Å². The van der Waals surface area contributed by atoms with Crippen LogP contribution in [0.1, 0.15) is 46.1 Å². The molecule has 0 N–H and O–H groups in total. The Morgan fingerprint density at radius 3 is 2.06 bits per heavy atom. The van der Waals surface area contributed by atoms with Crippen LogP contribution in [0, 0.1) is 0 Å². The van der Waals surface area contributed by atoms with Gasteiger partial charge in [0.05, 0.1) is 11.2 Å². The van der Waals surface area contributed by atoms with Crippen molar-refractivity contribution in [3.05, 3.63) is 35.9 Å². The topological polar surface area (TPSA) is 18.5 Å². The molecular weight excluding hydrogens is 224 g/mol. The SMILES string of the molecule is CC1(C)OC(CCCc2ccccc2)OC1(C)C. The normalized spacial score (nSPS) is 22.2. The molecule has 0 aromatic heterocycles. The minimum Gasteiger partial charge on any atom is -0.344 e. The van der Waals surface area contributed by atoms with E-state index >= 15 is 0 Å². The van der Waals surface area contributed by atoms with Crippen LogP contribution in [-0.4, -0.2) is 17.5 Å². The lowest BCUT2D eigenvalue weighted by Crippen LogP contribution is -2.41. The molecule has 0 aliphatic carbocycles. The zero-order chi connectivity index (χ0) is 13.2. The van der Waals surface area contributed by atoms with E-state index in [9.17, 15) is 0 Å². The molecule has 0 atom stereocenters. The van der Waals surface area contributed by atoms with Gasteiger partial charge in [0.1, 0.15) is 0 Å². The molecule has 2 rings (SSSR count). The first kappa shape index (κ1) is 13.6. The number of ether oxygens (including phenoxy) is 2. The first-order chi connectivity index (χ1) is 8.41. The molecule has 0 unspecified atom stereocenters. The van der Waals surface area contributed by atoms with Crippen molar-refractivity contribution in [2.24, 2.45) is 0 Å². The van der Waals surface area contributed by atoms with Crippen LogP contribution in [0.3, 0.4) is 0 Å². The van der Waals surface area contributed by atoms with Gasteiger partial charge in [-0.1, -0.05) is 30.3 Å². The second kappa shape index (κ2) is 5.02. The van der Waals surface area contributed by atoms with E-state index in [1.54, 1.807) is 0 Å². The van der Waals surface area contributed by atoms with Crippen LogP contribution in [0.15, 0.2) is 30.3 Å². The number of benzene rings is 1. The summed E-state index contributed by atoms with van der Waals surface area (Å²) in [7, 11) is 0. The fourth-order valence-corrected chi connectivity index (χ4v) is 2.20. The standard InChI is InChI=1S/C16H24O2/c1-15(2)16(3,4)18-14(17-15)12-8-11-13-9-6-5-7-10-13/h5-7,9-10,14H,8,11-12H2,1-4H3. The fraction of sp³-hybridized carbons (Fsp3) is 0.625. The molecule has 2 nitrogen and oxygen atoms in total. The zero-order valence-electron chi connectivity index (χ0n) is 11.9. The van der Waals surface area contributed by atoms with E-state index in [1.807, 2.05) is 0 Å². The predicted molar refractivity (Wildman–Crippen MR) is 73.5 cm³/mol. The Kier molecular flexibility index (Phi) is 3.79. The second-order valence-electron chi connectivity index (χ2n) is 6.06. The van der Waals surface area contributed by atoms with Gasteiger partial charge in [-0.3, -0.25) is 0 Å². The highest BCUT2D eigenvalue weighted by Crippen LogP contribution is 2.39. The van der Waals surface area contributed by atoms with Crippen molar-refractivity contribution < 1.29 is 9.47 Å². The van der Waals surface area contributed by atoms with Gasteiger partial charge in [-0.05, 0) is 52.5 Å². The molecule has 1 aromatic rings. The van der Waals surface area contributed by atoms with E-state index in [1.165, 1.54) is 5.56 Å². The summed E-state index contributed by atoms with van der Waals surface area (Å²) in [5.41, 5.74) is 0.975. The van der Waals surface area contributed by atoms with Gasteiger partial charge in [-0.15, -0.1) is 0 Å². The van der Waals surface area contributed by atoms with Crippen molar-refractivity contribution in [2.45, 2.75) is 64.4 Å². The first-order valence-electron chi connectivity index (χ1n) is 6.80. The summed E-state index contributed by atoms with van der Waals surface area (Å²) in [6.45, 7) is 8.41. The van der Waals surface area contributed by atoms with Gasteiger partial charge in [0, 0.05) is 0 Å². The van der Waals surface area contributed by atoms with Crippen LogP contribution < -0.4 is 0 Å². The van der Waals surface area contributed by atoms with Gasteiger partial charge in [0.15, 0.2) is 6.29 Å². The average Bonchev–Trinajstić information content (AvgIpc) is 2.49. The third-order valence-electron chi connectivity index (χ3n) is 4.05. The maximum Gasteiger partial charge on any atom is 0.159 e. The van der Waals surface area contributed by atoms with E-state index in [2.05, 4.69) is 58.0 Å². The largest absolute Gasteiger partial charge is 0.344 e. The Morgan fingerprint density at radius 2 is 1.50 bits per heavy atom. The number of hydrogen-bond acceptors (Lipinski definition) is 2. The lowest BCUT2D eigenvalue weighted by atomic mass is 9.90. The quantitative estimate of drug-likeness (QED) is 0.803. The van der Waals surface area contributed by atoms with Crippen molar-refractivity contribution in [3.63, 3.8) is 0 Å². The number of aryl methyl sites for hydroxylation is 1. The molecule has 0 spiro atoms. The molecule has 2 heteroatoms. The second-order valence-corrected chi connectivity index (χ2v) is 6.06. The van der Waals surface area contributed by atoms with Gasteiger partial charge in [0.2, 0.25) is 0 Å². The highest BCUT2D eigenvalue weighted by molar-refractivity contribution is 5.14. The molecule has 1 aromatic carbocycles. The van der Waals surface area contributed by atoms with Crippen LogP contribution in [0.4, 0.5) is 0 Å². The molecule has 1 aliphatic heterocycles. The molecule has 0 bridgehead atoms. The van der Waals surface area contributed by atoms with Crippen molar-refractivity contribution in [1.82, 2.24) is 0 Å². The number of hydrogen-bond donors (Lipinski definition) is 0. The first-order valence-corrected chi connectivity index (χ1v) is 6.80. The van der Waals surface area contributed by atoms with Gasteiger partial charge in [0.25, 0.3) is 0 Å². The Balaban J connectivity index is 1.79. The van der Waals surface area contributed by atoms with Crippen molar-refractivity contribution in [2.75, 3.05) is 0 Å². The molecule has 0 saturated carbocycles. The van der Waals surface area contributed by atoms with Crippen LogP contribution in [0.25, 0.3) is 0 Å². The summed E-state index contributed by atoms with van der Waals surface area (Å²) in [4.78, 5) is 0. The zero-order valence-corrected chi connectivity index (χ0v) is 11.9. The summed E-state index contributed by atoms with van der Waals surface area (Å²) in [6.07, 6.45) is 3.09. The Labute approximate surface area is 110 Å². The van der Waals surface area contributed by atoms with Crippen molar-refractivity contribution in [3.8, 4) is 0 Å². The van der Waals surface area contributed by atoms with Crippen molar-refractivity contribution in [1.29, 1.82) is 0 Å². The third-order valence-corrected chi connectivity index (χ3v) is 4.05. The molecule has 1 aliphatic rings. The smallest absolute Gasteiger partial charge is 0.159 e. The minimum atomic E-state index is -0.204. The van der Waals surface area contributed by atoms with E-state index < -0.39 is 0 Å². The lowest BCUT2D eigenvalue weighted by molar-refractivity contribution is -0.0909. The van der Waals surface area contributed by atoms with Crippen LogP contribution in [0.5, 0.6) is 0 Å². The minimum absolute atomic E-state index is 0.0567. The average molecular weight is 248 g/mol. The van der Waals surface area contributed by atoms with Gasteiger partial charge in [-0.2, -0.15) is 0 Å². The fourth-order valence-electron chi connectivity index (χ4n) is 2.20. The monoisotopic (exact) mass is 248 g/mol. The summed E-state index contributed by atoms with van der Waals surface area (Å²) in [5, 5.41) is 0. The molecule has 0 radical (unpaired) electrons. The highest BCUT2D eigenvalue weighted by Gasteiger charge is 2.48. The maximum atomic E-state index is 5.98. The highest BCUT2D eigenvalue weighted by atomic mass is 16.7. The van der Waals surface area contributed by atoms with E-state index in [0.717, 1.165) is 19.3 Å². The van der Waals surface area contributed by atoms with Gasteiger partial charge in [-0.25, -0.2) is 0 Å². The Morgan fingerprint density at radius 1 is 0.944 bits per heavy atom. The van der Waals surface area contributed by atoms with Crippen LogP contribution in [-0.2, 0) is 15.9 Å². The maximum absolute atomic E-state index is 5.98. The van der Waals surface area contributed by atoms with Gasteiger partial charge < -0.3 is 9.47 Å². The molecule has 100 valence electrons. The van der Waals surface area contributed by atoms with E-state index in [0.29, 0.717) is 0 Å².